The number of carbonyl (C=O) groups is 2. The molecule has 1 aliphatic rings. The summed E-state index contributed by atoms with van der Waals surface area (Å²) in [6, 6.07) is 14.1. The maximum atomic E-state index is 14.7. The van der Waals surface area contributed by atoms with Gasteiger partial charge in [0.1, 0.15) is 11.6 Å². The number of ether oxygens (including phenoxy) is 2. The van der Waals surface area contributed by atoms with Crippen LogP contribution in [0.25, 0.3) is 11.1 Å². The molecule has 1 aromatic heterocycles. The van der Waals surface area contributed by atoms with Crippen molar-refractivity contribution >= 4 is 11.9 Å². The monoisotopic (exact) mass is 534 g/mol. The van der Waals surface area contributed by atoms with E-state index in [0.29, 0.717) is 46.3 Å². The molecule has 1 fully saturated rings. The molecule has 0 unspecified atom stereocenters. The standard InChI is InChI=1S/C31H35FN2O5/c1-5-34(19(2)3)18-23-13-22(27-15-29(38-4)33-17-28(27)32)11-12-25(23)31(37)39-24-8-6-7-21(14-24)26(16-30(35)36)20-9-10-20/h6-8,11-15,17,19-20,26H,5,9-10,16,18H2,1-4H3,(H,35,36)/t26-/m0/s1. The van der Waals surface area contributed by atoms with Gasteiger partial charge in [0.2, 0.25) is 5.88 Å². The van der Waals surface area contributed by atoms with Gasteiger partial charge in [-0.3, -0.25) is 9.69 Å². The summed E-state index contributed by atoms with van der Waals surface area (Å²) >= 11 is 0. The number of aliphatic carboxylic acids is 1. The molecule has 39 heavy (non-hydrogen) atoms. The molecule has 1 N–H and O–H groups in total. The van der Waals surface area contributed by atoms with Gasteiger partial charge in [-0.15, -0.1) is 0 Å². The largest absolute Gasteiger partial charge is 0.481 e. The van der Waals surface area contributed by atoms with Gasteiger partial charge in [-0.05, 0) is 86.0 Å². The number of rotatable bonds is 12. The summed E-state index contributed by atoms with van der Waals surface area (Å²) in [6.45, 7) is 7.45. The second-order valence-corrected chi connectivity index (χ2v) is 10.2. The second-order valence-electron chi connectivity index (χ2n) is 10.2. The first-order valence-corrected chi connectivity index (χ1v) is 13.3. The molecule has 0 spiro atoms. The first-order valence-electron chi connectivity index (χ1n) is 13.3. The molecular formula is C31H35FN2O5. The lowest BCUT2D eigenvalue weighted by Gasteiger charge is -2.26. The van der Waals surface area contributed by atoms with E-state index in [2.05, 4.69) is 23.7 Å². The van der Waals surface area contributed by atoms with Crippen molar-refractivity contribution in [3.8, 4) is 22.8 Å². The van der Waals surface area contributed by atoms with E-state index >= 15 is 0 Å². The van der Waals surface area contributed by atoms with Crippen molar-refractivity contribution in [2.24, 2.45) is 5.92 Å². The minimum Gasteiger partial charge on any atom is -0.481 e. The highest BCUT2D eigenvalue weighted by molar-refractivity contribution is 5.93. The molecule has 1 saturated carbocycles. The van der Waals surface area contributed by atoms with E-state index in [-0.39, 0.29) is 18.4 Å². The van der Waals surface area contributed by atoms with E-state index in [1.54, 1.807) is 30.3 Å². The molecule has 4 rings (SSSR count). The van der Waals surface area contributed by atoms with Crippen LogP contribution in [-0.2, 0) is 11.3 Å². The third-order valence-corrected chi connectivity index (χ3v) is 7.27. The lowest BCUT2D eigenvalue weighted by molar-refractivity contribution is -0.137. The predicted octanol–water partition coefficient (Wildman–Crippen LogP) is 6.31. The highest BCUT2D eigenvalue weighted by Gasteiger charge is 2.34. The molecule has 0 bridgehead atoms. The van der Waals surface area contributed by atoms with Gasteiger partial charge in [0.25, 0.3) is 0 Å². The Morgan fingerprint density at radius 2 is 1.92 bits per heavy atom. The summed E-state index contributed by atoms with van der Waals surface area (Å²) in [6.07, 6.45) is 3.18. The van der Waals surface area contributed by atoms with Gasteiger partial charge in [0.15, 0.2) is 0 Å². The van der Waals surface area contributed by atoms with E-state index < -0.39 is 17.8 Å². The predicted molar refractivity (Wildman–Crippen MR) is 147 cm³/mol. The zero-order valence-corrected chi connectivity index (χ0v) is 22.8. The van der Waals surface area contributed by atoms with E-state index in [1.165, 1.54) is 13.2 Å². The summed E-state index contributed by atoms with van der Waals surface area (Å²) in [7, 11) is 1.47. The normalized spacial score (nSPS) is 13.9. The lowest BCUT2D eigenvalue weighted by atomic mass is 9.91. The Hall–Kier alpha value is -3.78. The molecule has 7 nitrogen and oxygen atoms in total. The second kappa shape index (κ2) is 12.4. The van der Waals surface area contributed by atoms with Gasteiger partial charge in [-0.2, -0.15) is 0 Å². The summed E-state index contributed by atoms with van der Waals surface area (Å²) in [5.74, 6) is -0.959. The number of carboxylic acids is 1. The first-order chi connectivity index (χ1) is 18.7. The third-order valence-electron chi connectivity index (χ3n) is 7.27. The molecule has 0 amide bonds. The number of benzene rings is 2. The fourth-order valence-electron chi connectivity index (χ4n) is 4.94. The topological polar surface area (TPSA) is 89.0 Å². The SMILES string of the molecule is CCN(Cc1cc(-c2cc(OC)ncc2F)ccc1C(=O)Oc1cccc([C@@H](CC(=O)O)C2CC2)c1)C(C)C. The van der Waals surface area contributed by atoms with Crippen LogP contribution in [0.1, 0.15) is 67.4 Å². The average Bonchev–Trinajstić information content (AvgIpc) is 3.76. The number of esters is 1. The molecule has 1 heterocycles. The maximum absolute atomic E-state index is 14.7. The number of carbonyl (C=O) groups excluding carboxylic acids is 1. The summed E-state index contributed by atoms with van der Waals surface area (Å²) in [5, 5.41) is 9.37. The highest BCUT2D eigenvalue weighted by atomic mass is 19.1. The zero-order chi connectivity index (χ0) is 28.1. The number of hydrogen-bond donors (Lipinski definition) is 1. The summed E-state index contributed by atoms with van der Waals surface area (Å²) in [4.78, 5) is 31.0. The summed E-state index contributed by atoms with van der Waals surface area (Å²) < 4.78 is 25.7. The van der Waals surface area contributed by atoms with Crippen molar-refractivity contribution in [1.82, 2.24) is 9.88 Å². The molecule has 206 valence electrons. The van der Waals surface area contributed by atoms with Crippen molar-refractivity contribution in [3.05, 3.63) is 77.2 Å². The van der Waals surface area contributed by atoms with Crippen LogP contribution in [0.2, 0.25) is 0 Å². The molecule has 3 aromatic rings. The van der Waals surface area contributed by atoms with E-state index in [4.69, 9.17) is 9.47 Å². The Balaban J connectivity index is 1.66. The maximum Gasteiger partial charge on any atom is 0.343 e. The van der Waals surface area contributed by atoms with E-state index in [9.17, 15) is 19.1 Å². The Labute approximate surface area is 228 Å². The Morgan fingerprint density at radius 3 is 2.56 bits per heavy atom. The van der Waals surface area contributed by atoms with Crippen LogP contribution in [0.5, 0.6) is 11.6 Å². The molecule has 8 heteroatoms. The van der Waals surface area contributed by atoms with Crippen molar-refractivity contribution in [1.29, 1.82) is 0 Å². The highest BCUT2D eigenvalue weighted by Crippen LogP contribution is 2.45. The van der Waals surface area contributed by atoms with Gasteiger partial charge < -0.3 is 14.6 Å². The molecule has 0 radical (unpaired) electrons. The number of nitrogens with zero attached hydrogens (tertiary/aromatic N) is 2. The number of pyridine rings is 1. The minimum atomic E-state index is -0.840. The third kappa shape index (κ3) is 7.00. The fourth-order valence-corrected chi connectivity index (χ4v) is 4.94. The molecule has 0 aliphatic heterocycles. The number of aromatic nitrogens is 1. The number of methoxy groups -OCH3 is 1. The molecule has 2 aromatic carbocycles. The van der Waals surface area contributed by atoms with Crippen LogP contribution in [0, 0.1) is 11.7 Å². The number of halogens is 1. The van der Waals surface area contributed by atoms with Crippen molar-refractivity contribution in [3.63, 3.8) is 0 Å². The average molecular weight is 535 g/mol. The van der Waals surface area contributed by atoms with Crippen LogP contribution >= 0.6 is 0 Å². The van der Waals surface area contributed by atoms with Gasteiger partial charge in [-0.1, -0.05) is 25.1 Å². The molecule has 1 aliphatic carbocycles. The van der Waals surface area contributed by atoms with Crippen molar-refractivity contribution in [2.45, 2.75) is 58.5 Å². The zero-order valence-electron chi connectivity index (χ0n) is 22.8. The van der Waals surface area contributed by atoms with Gasteiger partial charge in [0, 0.05) is 24.2 Å². The lowest BCUT2D eigenvalue weighted by Crippen LogP contribution is -2.31. The fraction of sp³-hybridized carbons (Fsp3) is 0.387. The van der Waals surface area contributed by atoms with Gasteiger partial charge >= 0.3 is 11.9 Å². The Bertz CT molecular complexity index is 1340. The Kier molecular flexibility index (Phi) is 8.97. The summed E-state index contributed by atoms with van der Waals surface area (Å²) in [5.41, 5.74) is 2.88. The molecular weight excluding hydrogens is 499 g/mol. The first kappa shape index (κ1) is 28.2. The van der Waals surface area contributed by atoms with Crippen LogP contribution in [-0.4, -0.2) is 46.6 Å². The van der Waals surface area contributed by atoms with E-state index in [0.717, 1.165) is 31.1 Å². The van der Waals surface area contributed by atoms with Crippen molar-refractivity contribution in [2.75, 3.05) is 13.7 Å². The minimum absolute atomic E-state index is 0.0477. The molecule has 0 saturated heterocycles. The number of carboxylic acid groups (broad SMARTS) is 1. The quantitative estimate of drug-likeness (QED) is 0.215. The smallest absolute Gasteiger partial charge is 0.343 e. The number of hydrogen-bond acceptors (Lipinski definition) is 6. The van der Waals surface area contributed by atoms with Gasteiger partial charge in [0.05, 0.1) is 25.3 Å². The van der Waals surface area contributed by atoms with E-state index in [1.807, 2.05) is 19.1 Å². The molecule has 1 atom stereocenters. The van der Waals surface area contributed by atoms with Gasteiger partial charge in [-0.25, -0.2) is 14.2 Å². The van der Waals surface area contributed by atoms with Crippen molar-refractivity contribution < 1.29 is 28.6 Å². The van der Waals surface area contributed by atoms with Crippen LogP contribution in [0.4, 0.5) is 4.39 Å². The van der Waals surface area contributed by atoms with Crippen LogP contribution in [0.15, 0.2) is 54.7 Å². The van der Waals surface area contributed by atoms with Crippen LogP contribution < -0.4 is 9.47 Å². The Morgan fingerprint density at radius 1 is 1.15 bits per heavy atom. The van der Waals surface area contributed by atoms with Crippen LogP contribution in [0.3, 0.4) is 0 Å².